The van der Waals surface area contributed by atoms with Gasteiger partial charge in [0.05, 0.1) is 5.92 Å². The molecule has 0 spiro atoms. The van der Waals surface area contributed by atoms with E-state index in [-0.39, 0.29) is 23.4 Å². The maximum Gasteiger partial charge on any atom is 0.309 e. The van der Waals surface area contributed by atoms with E-state index in [0.29, 0.717) is 24.2 Å². The van der Waals surface area contributed by atoms with E-state index in [1.54, 1.807) is 0 Å². The third-order valence-electron chi connectivity index (χ3n) is 4.58. The summed E-state index contributed by atoms with van der Waals surface area (Å²) in [5.41, 5.74) is 1.41. The summed E-state index contributed by atoms with van der Waals surface area (Å²) < 4.78 is 11.7. The summed E-state index contributed by atoms with van der Waals surface area (Å²) in [7, 11) is 0. The lowest BCUT2D eigenvalue weighted by Gasteiger charge is -2.34. The minimum Gasteiger partial charge on any atom is -0.508 e. The first-order valence-electron chi connectivity index (χ1n) is 8.46. The van der Waals surface area contributed by atoms with E-state index in [9.17, 15) is 15.0 Å². The molecule has 5 nitrogen and oxygen atoms in total. The largest absolute Gasteiger partial charge is 0.508 e. The summed E-state index contributed by atoms with van der Waals surface area (Å²) in [6.07, 6.45) is -0.0313. The maximum atomic E-state index is 12.3. The van der Waals surface area contributed by atoms with E-state index >= 15 is 0 Å². The van der Waals surface area contributed by atoms with Gasteiger partial charge in [0.15, 0.2) is 6.10 Å². The number of carbonyl (C=O) groups is 1. The van der Waals surface area contributed by atoms with Crippen molar-refractivity contribution in [3.05, 3.63) is 53.6 Å². The fraction of sp³-hybridized carbons (Fsp3) is 0.350. The van der Waals surface area contributed by atoms with Crippen molar-refractivity contribution in [2.45, 2.75) is 38.9 Å². The van der Waals surface area contributed by atoms with Crippen LogP contribution in [0.15, 0.2) is 42.5 Å². The van der Waals surface area contributed by atoms with E-state index in [0.717, 1.165) is 5.56 Å². The number of rotatable bonds is 4. The zero-order valence-corrected chi connectivity index (χ0v) is 14.3. The molecular formula is C20H22O5. The summed E-state index contributed by atoms with van der Waals surface area (Å²) in [4.78, 5) is 12.3. The Balaban J connectivity index is 1.96. The number of hydrogen-bond acceptors (Lipinski definition) is 5. The van der Waals surface area contributed by atoms with Crippen LogP contribution in [-0.2, 0) is 16.0 Å². The van der Waals surface area contributed by atoms with Crippen molar-refractivity contribution in [3.8, 4) is 17.2 Å². The topological polar surface area (TPSA) is 76.0 Å². The maximum absolute atomic E-state index is 12.3. The van der Waals surface area contributed by atoms with Gasteiger partial charge in [-0.05, 0) is 12.0 Å². The standard InChI is InChI=1S/C20H22O5/c1-3-12(2)20(23)25-18-11-15-16(22)9-14(21)10-17(15)24-19(18)13-7-5-4-6-8-13/h4-10,12,18-19,21-22H,3,11H2,1-2H3. The molecule has 0 saturated heterocycles. The highest BCUT2D eigenvalue weighted by molar-refractivity contribution is 5.72. The molecule has 132 valence electrons. The molecule has 3 unspecified atom stereocenters. The molecule has 1 aliphatic rings. The second-order valence-electron chi connectivity index (χ2n) is 6.38. The van der Waals surface area contributed by atoms with Crippen LogP contribution in [0.4, 0.5) is 0 Å². The first-order valence-corrected chi connectivity index (χ1v) is 8.46. The SMILES string of the molecule is CCC(C)C(=O)OC1Cc2c(O)cc(O)cc2OC1c1ccccc1. The van der Waals surface area contributed by atoms with E-state index < -0.39 is 12.2 Å². The van der Waals surface area contributed by atoms with Gasteiger partial charge >= 0.3 is 5.97 Å². The van der Waals surface area contributed by atoms with Gasteiger partial charge in [-0.15, -0.1) is 0 Å². The first kappa shape index (κ1) is 17.1. The fourth-order valence-electron chi connectivity index (χ4n) is 2.91. The minimum atomic E-state index is -0.549. The summed E-state index contributed by atoms with van der Waals surface area (Å²) in [5, 5.41) is 19.8. The number of phenols is 2. The second-order valence-corrected chi connectivity index (χ2v) is 6.38. The zero-order chi connectivity index (χ0) is 18.0. The van der Waals surface area contributed by atoms with Crippen LogP contribution in [0.25, 0.3) is 0 Å². The Hall–Kier alpha value is -2.69. The van der Waals surface area contributed by atoms with Crippen LogP contribution in [-0.4, -0.2) is 22.3 Å². The second kappa shape index (κ2) is 7.05. The van der Waals surface area contributed by atoms with Crippen molar-refractivity contribution in [2.24, 2.45) is 5.92 Å². The molecule has 2 aromatic rings. The van der Waals surface area contributed by atoms with E-state index in [2.05, 4.69) is 0 Å². The number of fused-ring (bicyclic) bond motifs is 1. The van der Waals surface area contributed by atoms with Crippen LogP contribution in [0, 0.1) is 5.92 Å². The van der Waals surface area contributed by atoms with Crippen molar-refractivity contribution in [2.75, 3.05) is 0 Å². The van der Waals surface area contributed by atoms with Crippen molar-refractivity contribution >= 4 is 5.97 Å². The van der Waals surface area contributed by atoms with E-state index in [4.69, 9.17) is 9.47 Å². The van der Waals surface area contributed by atoms with Crippen molar-refractivity contribution in [1.82, 2.24) is 0 Å². The predicted octanol–water partition coefficient (Wildman–Crippen LogP) is 3.73. The molecule has 1 aliphatic heterocycles. The lowest BCUT2D eigenvalue weighted by atomic mass is 9.93. The van der Waals surface area contributed by atoms with Gasteiger partial charge in [-0.25, -0.2) is 0 Å². The van der Waals surface area contributed by atoms with E-state index in [1.165, 1.54) is 12.1 Å². The molecule has 0 aromatic heterocycles. The van der Waals surface area contributed by atoms with Crippen LogP contribution in [0.5, 0.6) is 17.2 Å². The molecule has 0 bridgehead atoms. The predicted molar refractivity (Wildman–Crippen MR) is 92.6 cm³/mol. The average molecular weight is 342 g/mol. The van der Waals surface area contributed by atoms with Gasteiger partial charge in [-0.1, -0.05) is 44.2 Å². The Kier molecular flexibility index (Phi) is 4.83. The molecule has 25 heavy (non-hydrogen) atoms. The third kappa shape index (κ3) is 3.55. The van der Waals surface area contributed by atoms with Crippen molar-refractivity contribution in [1.29, 1.82) is 0 Å². The summed E-state index contributed by atoms with van der Waals surface area (Å²) >= 11 is 0. The van der Waals surface area contributed by atoms with Gasteiger partial charge < -0.3 is 19.7 Å². The molecule has 0 saturated carbocycles. The van der Waals surface area contributed by atoms with Gasteiger partial charge in [0.1, 0.15) is 23.4 Å². The molecule has 3 atom stereocenters. The highest BCUT2D eigenvalue weighted by Gasteiger charge is 2.36. The molecule has 2 aromatic carbocycles. The van der Waals surface area contributed by atoms with Crippen LogP contribution in [0.2, 0.25) is 0 Å². The quantitative estimate of drug-likeness (QED) is 0.828. The van der Waals surface area contributed by atoms with Gasteiger partial charge in [-0.3, -0.25) is 4.79 Å². The highest BCUT2D eigenvalue weighted by atomic mass is 16.6. The van der Waals surface area contributed by atoms with Crippen LogP contribution in [0.3, 0.4) is 0 Å². The van der Waals surface area contributed by atoms with Crippen molar-refractivity contribution in [3.63, 3.8) is 0 Å². The van der Waals surface area contributed by atoms with Gasteiger partial charge in [0.25, 0.3) is 0 Å². The van der Waals surface area contributed by atoms with Gasteiger partial charge in [0.2, 0.25) is 0 Å². The smallest absolute Gasteiger partial charge is 0.309 e. The first-order chi connectivity index (χ1) is 12.0. The molecule has 0 aliphatic carbocycles. The number of benzene rings is 2. The molecule has 5 heteroatoms. The lowest BCUT2D eigenvalue weighted by Crippen LogP contribution is -2.36. The molecule has 0 amide bonds. The number of esters is 1. The Morgan fingerprint density at radius 1 is 1.28 bits per heavy atom. The van der Waals surface area contributed by atoms with Gasteiger partial charge in [-0.2, -0.15) is 0 Å². The van der Waals surface area contributed by atoms with Crippen molar-refractivity contribution < 1.29 is 24.5 Å². The Morgan fingerprint density at radius 3 is 2.68 bits per heavy atom. The number of ether oxygens (including phenoxy) is 2. The average Bonchev–Trinajstić information content (AvgIpc) is 2.61. The number of hydrogen-bond donors (Lipinski definition) is 2. The summed E-state index contributed by atoms with van der Waals surface area (Å²) in [5.74, 6) is -0.212. The highest BCUT2D eigenvalue weighted by Crippen LogP contribution is 2.42. The molecule has 0 fully saturated rings. The lowest BCUT2D eigenvalue weighted by molar-refractivity contribution is -0.159. The number of carbonyl (C=O) groups excluding carboxylic acids is 1. The fourth-order valence-corrected chi connectivity index (χ4v) is 2.91. The van der Waals surface area contributed by atoms with Crippen LogP contribution in [0.1, 0.15) is 37.5 Å². The molecule has 1 heterocycles. The van der Waals surface area contributed by atoms with E-state index in [1.807, 2.05) is 44.2 Å². The number of aromatic hydroxyl groups is 2. The summed E-state index contributed by atoms with van der Waals surface area (Å²) in [6.45, 7) is 3.76. The van der Waals surface area contributed by atoms with Crippen LogP contribution >= 0.6 is 0 Å². The number of phenolic OH excluding ortho intramolecular Hbond substituents is 2. The normalized spacial score (nSPS) is 20.2. The zero-order valence-electron chi connectivity index (χ0n) is 14.3. The molecule has 3 rings (SSSR count). The minimum absolute atomic E-state index is 0.0638. The Labute approximate surface area is 146 Å². The Bertz CT molecular complexity index is 756. The van der Waals surface area contributed by atoms with Gasteiger partial charge in [0, 0.05) is 24.1 Å². The molecule has 0 radical (unpaired) electrons. The molecular weight excluding hydrogens is 320 g/mol. The monoisotopic (exact) mass is 342 g/mol. The van der Waals surface area contributed by atoms with Crippen LogP contribution < -0.4 is 4.74 Å². The summed E-state index contributed by atoms with van der Waals surface area (Å²) in [6, 6.07) is 12.2. The Morgan fingerprint density at radius 2 is 2.00 bits per heavy atom. The third-order valence-corrected chi connectivity index (χ3v) is 4.58. The molecule has 2 N–H and O–H groups in total.